The van der Waals surface area contributed by atoms with Gasteiger partial charge in [0, 0.05) is 18.0 Å². The maximum atomic E-state index is 6.10. The number of aryl methyl sites for hydroxylation is 2. The average Bonchev–Trinajstić information content (AvgIpc) is 2.68. The quantitative estimate of drug-likeness (QED) is 0.687. The molecule has 0 fully saturated rings. The highest BCUT2D eigenvalue weighted by Crippen LogP contribution is 2.35. The monoisotopic (exact) mass is 332 g/mol. The first-order valence-corrected chi connectivity index (χ1v) is 8.59. The molecule has 0 bridgehead atoms. The van der Waals surface area contributed by atoms with Gasteiger partial charge in [0.1, 0.15) is 17.2 Å². The standard InChI is InChI=1S/C21H20N2O2/c1-24-19-9-5-4-8-18(19)20-21(23-13-12-22-20)25-17-11-10-15-6-2-3-7-16(15)14-17/h4-5,8-14H,2-3,6-7H2,1H3. The van der Waals surface area contributed by atoms with Gasteiger partial charge in [0.05, 0.1) is 7.11 Å². The summed E-state index contributed by atoms with van der Waals surface area (Å²) in [7, 11) is 1.65. The highest BCUT2D eigenvalue weighted by molar-refractivity contribution is 5.71. The van der Waals surface area contributed by atoms with Crippen LogP contribution in [0.25, 0.3) is 11.3 Å². The Hall–Kier alpha value is -2.88. The van der Waals surface area contributed by atoms with Crippen LogP contribution >= 0.6 is 0 Å². The summed E-state index contributed by atoms with van der Waals surface area (Å²) < 4.78 is 11.6. The molecule has 0 atom stereocenters. The van der Waals surface area contributed by atoms with Gasteiger partial charge < -0.3 is 9.47 Å². The number of methoxy groups -OCH3 is 1. The molecule has 0 saturated carbocycles. The number of hydrogen-bond donors (Lipinski definition) is 0. The van der Waals surface area contributed by atoms with Crippen molar-refractivity contribution in [2.75, 3.05) is 7.11 Å². The van der Waals surface area contributed by atoms with E-state index in [0.717, 1.165) is 29.9 Å². The van der Waals surface area contributed by atoms with Crippen LogP contribution in [0.2, 0.25) is 0 Å². The highest BCUT2D eigenvalue weighted by Gasteiger charge is 2.16. The minimum absolute atomic E-state index is 0.489. The molecule has 1 aliphatic rings. The number of fused-ring (bicyclic) bond motifs is 1. The van der Waals surface area contributed by atoms with Crippen LogP contribution in [0.1, 0.15) is 24.0 Å². The summed E-state index contributed by atoms with van der Waals surface area (Å²) in [6.07, 6.45) is 8.11. The zero-order chi connectivity index (χ0) is 17.1. The van der Waals surface area contributed by atoms with Crippen LogP contribution in [0.15, 0.2) is 54.9 Å². The predicted octanol–water partition coefficient (Wildman–Crippen LogP) is 4.82. The van der Waals surface area contributed by atoms with E-state index in [-0.39, 0.29) is 0 Å². The smallest absolute Gasteiger partial charge is 0.246 e. The van der Waals surface area contributed by atoms with Gasteiger partial charge in [-0.15, -0.1) is 0 Å². The fraction of sp³-hybridized carbons (Fsp3) is 0.238. The lowest BCUT2D eigenvalue weighted by atomic mass is 9.92. The van der Waals surface area contributed by atoms with E-state index >= 15 is 0 Å². The summed E-state index contributed by atoms with van der Waals surface area (Å²) in [6.45, 7) is 0. The van der Waals surface area contributed by atoms with Gasteiger partial charge in [0.25, 0.3) is 0 Å². The third kappa shape index (κ3) is 3.20. The molecular formula is C21H20N2O2. The third-order valence-corrected chi connectivity index (χ3v) is 4.56. The fourth-order valence-corrected chi connectivity index (χ4v) is 3.31. The van der Waals surface area contributed by atoms with Crippen molar-refractivity contribution in [2.45, 2.75) is 25.7 Å². The molecule has 0 unspecified atom stereocenters. The highest BCUT2D eigenvalue weighted by atomic mass is 16.5. The normalized spacial score (nSPS) is 13.2. The number of benzene rings is 2. The molecule has 1 aromatic heterocycles. The van der Waals surface area contributed by atoms with Crippen molar-refractivity contribution in [1.82, 2.24) is 9.97 Å². The summed E-state index contributed by atoms with van der Waals surface area (Å²) in [4.78, 5) is 8.87. The minimum atomic E-state index is 0.489. The second-order valence-corrected chi connectivity index (χ2v) is 6.15. The lowest BCUT2D eigenvalue weighted by Crippen LogP contribution is -2.03. The van der Waals surface area contributed by atoms with Crippen molar-refractivity contribution in [3.05, 3.63) is 66.0 Å². The molecular weight excluding hydrogens is 312 g/mol. The molecule has 0 spiro atoms. The van der Waals surface area contributed by atoms with E-state index in [2.05, 4.69) is 22.1 Å². The van der Waals surface area contributed by atoms with Gasteiger partial charge in [-0.05, 0) is 61.1 Å². The zero-order valence-corrected chi connectivity index (χ0v) is 14.2. The number of para-hydroxylation sites is 1. The maximum absolute atomic E-state index is 6.10. The number of ether oxygens (including phenoxy) is 2. The molecule has 1 aliphatic carbocycles. The Morgan fingerprint density at radius 2 is 1.68 bits per heavy atom. The van der Waals surface area contributed by atoms with Crippen LogP contribution in [-0.2, 0) is 12.8 Å². The first-order chi connectivity index (χ1) is 12.3. The van der Waals surface area contributed by atoms with Crippen molar-refractivity contribution in [3.8, 4) is 28.6 Å². The number of rotatable bonds is 4. The number of nitrogens with zero attached hydrogens (tertiary/aromatic N) is 2. The van der Waals surface area contributed by atoms with E-state index in [9.17, 15) is 0 Å². The van der Waals surface area contributed by atoms with Crippen LogP contribution in [0.4, 0.5) is 0 Å². The predicted molar refractivity (Wildman–Crippen MR) is 97.2 cm³/mol. The Bertz CT molecular complexity index is 893. The molecule has 25 heavy (non-hydrogen) atoms. The second kappa shape index (κ2) is 6.93. The average molecular weight is 332 g/mol. The minimum Gasteiger partial charge on any atom is -0.496 e. The van der Waals surface area contributed by atoms with E-state index in [1.807, 2.05) is 30.3 Å². The van der Waals surface area contributed by atoms with Crippen molar-refractivity contribution >= 4 is 0 Å². The summed E-state index contributed by atoms with van der Waals surface area (Å²) in [6, 6.07) is 14.1. The zero-order valence-electron chi connectivity index (χ0n) is 14.2. The van der Waals surface area contributed by atoms with Crippen molar-refractivity contribution in [1.29, 1.82) is 0 Å². The van der Waals surface area contributed by atoms with E-state index in [1.54, 1.807) is 19.5 Å². The summed E-state index contributed by atoms with van der Waals surface area (Å²) in [5.41, 5.74) is 4.36. The van der Waals surface area contributed by atoms with Gasteiger partial charge in [0.15, 0.2) is 0 Å². The summed E-state index contributed by atoms with van der Waals surface area (Å²) in [5.74, 6) is 2.04. The lowest BCUT2D eigenvalue weighted by Gasteiger charge is -2.17. The van der Waals surface area contributed by atoms with Crippen molar-refractivity contribution < 1.29 is 9.47 Å². The second-order valence-electron chi connectivity index (χ2n) is 6.15. The first-order valence-electron chi connectivity index (χ1n) is 8.59. The van der Waals surface area contributed by atoms with Gasteiger partial charge in [-0.25, -0.2) is 9.97 Å². The molecule has 3 aromatic rings. The topological polar surface area (TPSA) is 44.2 Å². The molecule has 4 heteroatoms. The summed E-state index contributed by atoms with van der Waals surface area (Å²) in [5, 5.41) is 0. The molecule has 0 radical (unpaired) electrons. The molecule has 4 rings (SSSR count). The lowest BCUT2D eigenvalue weighted by molar-refractivity contribution is 0.415. The van der Waals surface area contributed by atoms with Crippen LogP contribution in [0, 0.1) is 0 Å². The molecule has 2 aromatic carbocycles. The first kappa shape index (κ1) is 15.6. The van der Waals surface area contributed by atoms with Crippen LogP contribution in [-0.4, -0.2) is 17.1 Å². The van der Waals surface area contributed by atoms with Crippen LogP contribution < -0.4 is 9.47 Å². The molecule has 0 saturated heterocycles. The van der Waals surface area contributed by atoms with E-state index < -0.39 is 0 Å². The van der Waals surface area contributed by atoms with Gasteiger partial charge in [-0.1, -0.05) is 18.2 Å². The van der Waals surface area contributed by atoms with Gasteiger partial charge >= 0.3 is 0 Å². The molecule has 4 nitrogen and oxygen atoms in total. The number of aromatic nitrogens is 2. The molecule has 1 heterocycles. The fourth-order valence-electron chi connectivity index (χ4n) is 3.31. The molecule has 0 aliphatic heterocycles. The van der Waals surface area contributed by atoms with E-state index in [0.29, 0.717) is 11.6 Å². The van der Waals surface area contributed by atoms with Gasteiger partial charge in [-0.3, -0.25) is 0 Å². The maximum Gasteiger partial charge on any atom is 0.246 e. The third-order valence-electron chi connectivity index (χ3n) is 4.56. The Morgan fingerprint density at radius 1 is 0.880 bits per heavy atom. The van der Waals surface area contributed by atoms with Crippen molar-refractivity contribution in [2.24, 2.45) is 0 Å². The Kier molecular flexibility index (Phi) is 4.34. The molecule has 0 amide bonds. The van der Waals surface area contributed by atoms with Crippen LogP contribution in [0.3, 0.4) is 0 Å². The molecule has 0 N–H and O–H groups in total. The van der Waals surface area contributed by atoms with E-state index in [4.69, 9.17) is 9.47 Å². The Morgan fingerprint density at radius 3 is 2.56 bits per heavy atom. The van der Waals surface area contributed by atoms with Crippen molar-refractivity contribution in [3.63, 3.8) is 0 Å². The Balaban J connectivity index is 1.70. The SMILES string of the molecule is COc1ccccc1-c1nccnc1Oc1ccc2c(c1)CCCC2. The van der Waals surface area contributed by atoms with Gasteiger partial charge in [0.2, 0.25) is 5.88 Å². The number of hydrogen-bond acceptors (Lipinski definition) is 4. The Labute approximate surface area is 147 Å². The summed E-state index contributed by atoms with van der Waals surface area (Å²) >= 11 is 0. The largest absolute Gasteiger partial charge is 0.496 e. The van der Waals surface area contributed by atoms with E-state index in [1.165, 1.54) is 24.0 Å². The van der Waals surface area contributed by atoms with Crippen LogP contribution in [0.5, 0.6) is 17.4 Å². The van der Waals surface area contributed by atoms with Gasteiger partial charge in [-0.2, -0.15) is 0 Å². The molecule has 126 valence electrons.